The van der Waals surface area contributed by atoms with Crippen LogP contribution in [0.3, 0.4) is 0 Å². The fourth-order valence-electron chi connectivity index (χ4n) is 6.12. The Balaban J connectivity index is 1.30. The average molecular weight is 524 g/mol. The lowest BCUT2D eigenvalue weighted by Crippen LogP contribution is -2.32. The summed E-state index contributed by atoms with van der Waals surface area (Å²) >= 11 is 0. The van der Waals surface area contributed by atoms with Crippen LogP contribution in [0.2, 0.25) is 0 Å². The Morgan fingerprint density at radius 2 is 1.82 bits per heavy atom. The lowest BCUT2D eigenvalue weighted by atomic mass is 9.81. The van der Waals surface area contributed by atoms with E-state index >= 15 is 0 Å². The van der Waals surface area contributed by atoms with Gasteiger partial charge in [-0.25, -0.2) is 4.39 Å². The number of hydrogen-bond donors (Lipinski definition) is 1. The summed E-state index contributed by atoms with van der Waals surface area (Å²) < 4.78 is 20.3. The van der Waals surface area contributed by atoms with Crippen LogP contribution >= 0.6 is 0 Å². The van der Waals surface area contributed by atoms with Crippen molar-refractivity contribution in [2.24, 2.45) is 0 Å². The molecule has 4 aromatic rings. The maximum absolute atomic E-state index is 13.8. The number of aromatic nitrogens is 1. The summed E-state index contributed by atoms with van der Waals surface area (Å²) in [6.45, 7) is 7.95. The molecule has 5 heteroatoms. The molecule has 3 aromatic carbocycles. The van der Waals surface area contributed by atoms with Gasteiger partial charge in [0.05, 0.1) is 18.2 Å². The van der Waals surface area contributed by atoms with Crippen molar-refractivity contribution < 1.29 is 9.13 Å². The van der Waals surface area contributed by atoms with E-state index in [1.165, 1.54) is 34.2 Å². The van der Waals surface area contributed by atoms with Crippen LogP contribution in [0.25, 0.3) is 10.9 Å². The van der Waals surface area contributed by atoms with Crippen molar-refractivity contribution in [3.05, 3.63) is 106 Å². The van der Waals surface area contributed by atoms with E-state index < -0.39 is 5.60 Å². The fourth-order valence-corrected chi connectivity index (χ4v) is 6.12. The summed E-state index contributed by atoms with van der Waals surface area (Å²) in [6.07, 6.45) is 8.30. The maximum atomic E-state index is 13.8. The molecule has 39 heavy (non-hydrogen) atoms. The van der Waals surface area contributed by atoms with Crippen molar-refractivity contribution in [3.63, 3.8) is 0 Å². The highest BCUT2D eigenvalue weighted by Crippen LogP contribution is 2.45. The smallest absolute Gasteiger partial charge is 0.123 e. The minimum Gasteiger partial charge on any atom is -0.361 e. The highest BCUT2D eigenvalue weighted by Gasteiger charge is 2.41. The molecule has 1 aliphatic heterocycles. The van der Waals surface area contributed by atoms with Crippen LogP contribution in [-0.4, -0.2) is 29.5 Å². The van der Waals surface area contributed by atoms with Crippen molar-refractivity contribution in [1.82, 2.24) is 9.88 Å². The molecule has 202 valence electrons. The van der Waals surface area contributed by atoms with Crippen LogP contribution in [-0.2, 0) is 29.8 Å². The molecule has 1 N–H and O–H groups in total. The van der Waals surface area contributed by atoms with Crippen molar-refractivity contribution in [3.8, 4) is 6.07 Å². The lowest BCUT2D eigenvalue weighted by Gasteiger charge is -2.32. The summed E-state index contributed by atoms with van der Waals surface area (Å²) in [5.74, 6) is -0.250. The Morgan fingerprint density at radius 1 is 0.974 bits per heavy atom. The Kier molecular flexibility index (Phi) is 8.45. The van der Waals surface area contributed by atoms with E-state index in [2.05, 4.69) is 54.2 Å². The monoisotopic (exact) mass is 523 g/mol. The van der Waals surface area contributed by atoms with Gasteiger partial charge in [-0.2, -0.15) is 5.26 Å². The number of benzene rings is 3. The van der Waals surface area contributed by atoms with Gasteiger partial charge in [0, 0.05) is 23.6 Å². The first kappa shape index (κ1) is 27.1. The van der Waals surface area contributed by atoms with E-state index in [-0.39, 0.29) is 5.82 Å². The van der Waals surface area contributed by atoms with E-state index in [9.17, 15) is 9.65 Å². The molecule has 0 spiro atoms. The zero-order chi connectivity index (χ0) is 27.2. The van der Waals surface area contributed by atoms with Gasteiger partial charge in [-0.3, -0.25) is 0 Å². The first-order chi connectivity index (χ1) is 19.1. The van der Waals surface area contributed by atoms with Gasteiger partial charge in [0.25, 0.3) is 0 Å². The molecule has 5 rings (SSSR count). The van der Waals surface area contributed by atoms with Crippen molar-refractivity contribution in [1.29, 1.82) is 5.26 Å². The van der Waals surface area contributed by atoms with Gasteiger partial charge in [-0.05, 0) is 109 Å². The molecule has 0 fully saturated rings. The van der Waals surface area contributed by atoms with Crippen LogP contribution in [0.5, 0.6) is 0 Å². The van der Waals surface area contributed by atoms with Gasteiger partial charge < -0.3 is 14.6 Å². The minimum atomic E-state index is -0.624. The number of nitriles is 1. The van der Waals surface area contributed by atoms with Gasteiger partial charge in [0.15, 0.2) is 0 Å². The quantitative estimate of drug-likeness (QED) is 0.208. The Labute approximate surface area is 231 Å². The summed E-state index contributed by atoms with van der Waals surface area (Å²) in [5.41, 5.74) is 7.12. The first-order valence-electron chi connectivity index (χ1n) is 14.3. The largest absolute Gasteiger partial charge is 0.361 e. The van der Waals surface area contributed by atoms with Crippen LogP contribution in [0.4, 0.5) is 4.39 Å². The second kappa shape index (κ2) is 12.2. The summed E-state index contributed by atoms with van der Waals surface area (Å²) in [5, 5.41) is 10.7. The lowest BCUT2D eigenvalue weighted by molar-refractivity contribution is -0.0146. The molecule has 1 atom stereocenters. The predicted octanol–water partition coefficient (Wildman–Crippen LogP) is 7.64. The van der Waals surface area contributed by atoms with E-state index in [4.69, 9.17) is 4.74 Å². The normalized spacial score (nSPS) is 16.6. The number of hydrogen-bond acceptors (Lipinski definition) is 3. The molecule has 0 bridgehead atoms. The maximum Gasteiger partial charge on any atom is 0.123 e. The van der Waals surface area contributed by atoms with E-state index in [0.717, 1.165) is 74.8 Å². The molecule has 0 radical (unpaired) electrons. The van der Waals surface area contributed by atoms with E-state index in [1.807, 2.05) is 30.3 Å². The summed E-state index contributed by atoms with van der Waals surface area (Å²) in [7, 11) is 0. The first-order valence-corrected chi connectivity index (χ1v) is 14.3. The van der Waals surface area contributed by atoms with Crippen LogP contribution in [0, 0.1) is 17.1 Å². The van der Waals surface area contributed by atoms with Gasteiger partial charge in [0.1, 0.15) is 11.4 Å². The summed E-state index contributed by atoms with van der Waals surface area (Å²) in [4.78, 5) is 6.01. The van der Waals surface area contributed by atoms with E-state index in [1.54, 1.807) is 0 Å². The van der Waals surface area contributed by atoms with Gasteiger partial charge in [-0.15, -0.1) is 0 Å². The zero-order valence-electron chi connectivity index (χ0n) is 23.1. The molecule has 0 saturated carbocycles. The van der Waals surface area contributed by atoms with Crippen LogP contribution in [0.1, 0.15) is 72.9 Å². The second-order valence-corrected chi connectivity index (χ2v) is 10.7. The third-order valence-corrected chi connectivity index (χ3v) is 8.06. The van der Waals surface area contributed by atoms with E-state index in [0.29, 0.717) is 12.2 Å². The second-order valence-electron chi connectivity index (χ2n) is 10.7. The minimum absolute atomic E-state index is 0.250. The Hall–Kier alpha value is -3.46. The molecule has 0 saturated heterocycles. The number of aryl methyl sites for hydroxylation is 1. The van der Waals surface area contributed by atoms with Gasteiger partial charge >= 0.3 is 0 Å². The number of nitrogens with zero attached hydrogens (tertiary/aromatic N) is 2. The standard InChI is InChI=1S/C34H38FN3O/c1-3-6-25-8-14-33-31(21-25)27(23-37-33)15-19-38(17-4-2)18-5-16-34(29-9-11-30(35)12-10-29)32-13-7-26(22-36)20-28(32)24-39-34/h7-14,20-21,23,37H,3-6,15-19,24H2,1-2H3. The zero-order valence-corrected chi connectivity index (χ0v) is 23.1. The van der Waals surface area contributed by atoms with Gasteiger partial charge in [-0.1, -0.05) is 44.5 Å². The number of rotatable bonds is 12. The van der Waals surface area contributed by atoms with Crippen molar-refractivity contribution in [2.45, 2.75) is 64.6 Å². The number of halogens is 1. The SMILES string of the molecule is CCCc1ccc2[nH]cc(CCN(CCC)CCCC3(c4ccc(F)cc4)OCc4cc(C#N)ccc43)c2c1. The molecule has 0 aliphatic carbocycles. The Morgan fingerprint density at radius 3 is 2.59 bits per heavy atom. The molecule has 2 heterocycles. The molecular weight excluding hydrogens is 485 g/mol. The number of H-pyrrole nitrogens is 1. The number of fused-ring (bicyclic) bond motifs is 2. The van der Waals surface area contributed by atoms with Crippen molar-refractivity contribution >= 4 is 10.9 Å². The van der Waals surface area contributed by atoms with Crippen LogP contribution < -0.4 is 0 Å². The molecule has 1 unspecified atom stereocenters. The molecule has 4 nitrogen and oxygen atoms in total. The predicted molar refractivity (Wildman–Crippen MR) is 155 cm³/mol. The number of aromatic amines is 1. The molecule has 0 amide bonds. The third kappa shape index (κ3) is 5.78. The van der Waals surface area contributed by atoms with Gasteiger partial charge in [0.2, 0.25) is 0 Å². The topological polar surface area (TPSA) is 52.0 Å². The highest BCUT2D eigenvalue weighted by atomic mass is 19.1. The van der Waals surface area contributed by atoms with Crippen molar-refractivity contribution in [2.75, 3.05) is 19.6 Å². The average Bonchev–Trinajstić information content (AvgIpc) is 3.53. The molecular formula is C34H38FN3O. The number of nitrogens with one attached hydrogen (secondary N) is 1. The molecule has 1 aromatic heterocycles. The number of ether oxygens (including phenoxy) is 1. The third-order valence-electron chi connectivity index (χ3n) is 8.06. The van der Waals surface area contributed by atoms with Crippen LogP contribution in [0.15, 0.2) is 66.9 Å². The summed E-state index contributed by atoms with van der Waals surface area (Å²) in [6, 6.07) is 21.6. The highest BCUT2D eigenvalue weighted by molar-refractivity contribution is 5.83. The molecule has 1 aliphatic rings. The fraction of sp³-hybridized carbons (Fsp3) is 0.382. The Bertz CT molecular complexity index is 1450.